The molecule has 8 heteroatoms. The third-order valence-electron chi connectivity index (χ3n) is 5.70. The van der Waals surface area contributed by atoms with Gasteiger partial charge < -0.3 is 0 Å². The van der Waals surface area contributed by atoms with E-state index in [0.717, 1.165) is 55.1 Å². The molecule has 6 nitrogen and oxygen atoms in total. The van der Waals surface area contributed by atoms with Crippen molar-refractivity contribution >= 4 is 21.6 Å². The number of aromatic nitrogens is 6. The van der Waals surface area contributed by atoms with Crippen LogP contribution in [0.3, 0.4) is 0 Å². The Labute approximate surface area is 228 Å². The molecule has 182 valence electrons. The molecule has 0 aliphatic heterocycles. The highest BCUT2D eigenvalue weighted by atomic mass is 33.1. The fourth-order valence-corrected chi connectivity index (χ4v) is 6.00. The molecule has 0 atom stereocenters. The summed E-state index contributed by atoms with van der Waals surface area (Å²) in [6, 6.07) is 27.7. The van der Waals surface area contributed by atoms with E-state index >= 15 is 0 Å². The Bertz CT molecular complexity index is 1520. The van der Waals surface area contributed by atoms with Crippen molar-refractivity contribution in [3.63, 3.8) is 0 Å². The Morgan fingerprint density at radius 1 is 0.395 bits per heavy atom. The maximum Gasteiger partial charge on any atom is 0.116 e. The zero-order chi connectivity index (χ0) is 25.6. The Balaban J connectivity index is 1.37. The molecule has 0 fully saturated rings. The van der Waals surface area contributed by atoms with Gasteiger partial charge in [0.25, 0.3) is 0 Å². The molecule has 0 aliphatic carbocycles. The third-order valence-corrected chi connectivity index (χ3v) is 7.95. The minimum Gasteiger partial charge on any atom is -0.256 e. The van der Waals surface area contributed by atoms with Crippen LogP contribution in [0.4, 0.5) is 0 Å². The monoisotopic (exact) mass is 528 g/mol. The second-order valence-electron chi connectivity index (χ2n) is 8.18. The number of pyridine rings is 6. The van der Waals surface area contributed by atoms with Gasteiger partial charge in [0, 0.05) is 59.4 Å². The summed E-state index contributed by atoms with van der Waals surface area (Å²) < 4.78 is 0. The highest BCUT2D eigenvalue weighted by molar-refractivity contribution is 8.76. The van der Waals surface area contributed by atoms with E-state index in [1.165, 1.54) is 0 Å². The summed E-state index contributed by atoms with van der Waals surface area (Å²) in [5, 5.41) is 1.69. The fraction of sp³-hybridized carbons (Fsp3) is 0. The largest absolute Gasteiger partial charge is 0.256 e. The van der Waals surface area contributed by atoms with Crippen LogP contribution in [0.5, 0.6) is 0 Å². The van der Waals surface area contributed by atoms with Crippen molar-refractivity contribution in [2.75, 3.05) is 0 Å². The highest BCUT2D eigenvalue weighted by Gasteiger charge is 2.16. The smallest absolute Gasteiger partial charge is 0.116 e. The number of nitrogens with zero attached hydrogens (tertiary/aromatic N) is 6. The molecular weight excluding hydrogens is 509 g/mol. The summed E-state index contributed by atoms with van der Waals surface area (Å²) in [4.78, 5) is 27.8. The molecule has 0 amide bonds. The summed E-state index contributed by atoms with van der Waals surface area (Å²) >= 11 is 0. The lowest BCUT2D eigenvalue weighted by Crippen LogP contribution is -1.93. The SMILES string of the molecule is c1ccc(-c2cnc(SSc3ncc(-c4ccccn4)cc3-c3ccccn3)c(-c3ccccn3)c2)nc1. The second-order valence-corrected chi connectivity index (χ2v) is 10.3. The van der Waals surface area contributed by atoms with Crippen LogP contribution in [0, 0.1) is 0 Å². The first kappa shape index (κ1) is 24.0. The van der Waals surface area contributed by atoms with Gasteiger partial charge in [-0.25, -0.2) is 9.97 Å². The minimum atomic E-state index is 0.843. The molecule has 38 heavy (non-hydrogen) atoms. The second kappa shape index (κ2) is 11.3. The molecule has 6 aromatic heterocycles. The highest BCUT2D eigenvalue weighted by Crippen LogP contribution is 2.44. The van der Waals surface area contributed by atoms with Gasteiger partial charge in [-0.15, -0.1) is 0 Å². The van der Waals surface area contributed by atoms with E-state index in [2.05, 4.69) is 32.1 Å². The van der Waals surface area contributed by atoms with E-state index in [0.29, 0.717) is 0 Å². The first-order valence-electron chi connectivity index (χ1n) is 11.9. The van der Waals surface area contributed by atoms with E-state index in [-0.39, 0.29) is 0 Å². The number of hydrogen-bond donors (Lipinski definition) is 0. The van der Waals surface area contributed by atoms with Crippen LogP contribution in [0.2, 0.25) is 0 Å². The summed E-state index contributed by atoms with van der Waals surface area (Å²) in [7, 11) is 3.10. The van der Waals surface area contributed by atoms with Crippen LogP contribution in [-0.2, 0) is 0 Å². The van der Waals surface area contributed by atoms with Gasteiger partial charge in [0.15, 0.2) is 0 Å². The van der Waals surface area contributed by atoms with Gasteiger partial charge in [-0.1, -0.05) is 24.3 Å². The van der Waals surface area contributed by atoms with Gasteiger partial charge in [0.1, 0.15) is 10.1 Å². The average Bonchev–Trinajstić information content (AvgIpc) is 3.01. The maximum atomic E-state index is 4.82. The molecule has 0 aromatic carbocycles. The Morgan fingerprint density at radius 3 is 1.11 bits per heavy atom. The Hall–Kier alpha value is -4.40. The lowest BCUT2D eigenvalue weighted by molar-refractivity contribution is 1.12. The molecule has 0 saturated carbocycles. The molecular formula is C30H20N6S2. The van der Waals surface area contributed by atoms with Crippen molar-refractivity contribution < 1.29 is 0 Å². The normalized spacial score (nSPS) is 10.8. The molecule has 0 N–H and O–H groups in total. The van der Waals surface area contributed by atoms with Crippen LogP contribution in [0.25, 0.3) is 45.0 Å². The van der Waals surface area contributed by atoms with Crippen LogP contribution in [-0.4, -0.2) is 29.9 Å². The quantitative estimate of drug-likeness (QED) is 0.197. The molecule has 6 aromatic rings. The van der Waals surface area contributed by atoms with Gasteiger partial charge in [-0.05, 0) is 82.3 Å². The van der Waals surface area contributed by atoms with Crippen molar-refractivity contribution in [2.45, 2.75) is 10.1 Å². The predicted molar refractivity (Wildman–Crippen MR) is 153 cm³/mol. The van der Waals surface area contributed by atoms with E-state index in [1.54, 1.807) is 46.4 Å². The maximum absolute atomic E-state index is 4.82. The minimum absolute atomic E-state index is 0.843. The molecule has 0 spiro atoms. The Kier molecular flexibility index (Phi) is 7.15. The van der Waals surface area contributed by atoms with Gasteiger partial charge in [-0.3, -0.25) is 19.9 Å². The topological polar surface area (TPSA) is 77.3 Å². The van der Waals surface area contributed by atoms with Crippen LogP contribution in [0.1, 0.15) is 0 Å². The van der Waals surface area contributed by atoms with Crippen molar-refractivity contribution in [1.29, 1.82) is 0 Å². The fourth-order valence-electron chi connectivity index (χ4n) is 3.87. The van der Waals surface area contributed by atoms with Crippen LogP contribution in [0.15, 0.2) is 132 Å². The van der Waals surface area contributed by atoms with Crippen molar-refractivity contribution in [1.82, 2.24) is 29.9 Å². The lowest BCUT2D eigenvalue weighted by Gasteiger charge is -2.12. The van der Waals surface area contributed by atoms with E-state index in [4.69, 9.17) is 9.97 Å². The molecule has 0 unspecified atom stereocenters. The van der Waals surface area contributed by atoms with Gasteiger partial charge in [-0.2, -0.15) is 0 Å². The molecule has 6 heterocycles. The summed E-state index contributed by atoms with van der Waals surface area (Å²) in [5.74, 6) is 0. The van der Waals surface area contributed by atoms with Crippen molar-refractivity contribution in [3.8, 4) is 45.0 Å². The molecule has 0 bridgehead atoms. The standard InChI is InChI=1S/C30H20N6S2/c1-5-13-31-25(9-1)21-17-23(27-11-3-7-15-33-27)29(35-19-21)37-38-30-24(28-12-4-8-16-34-28)18-22(20-36-30)26-10-2-6-14-32-26/h1-20H. The van der Waals surface area contributed by atoms with Gasteiger partial charge in [0.2, 0.25) is 0 Å². The molecule has 6 rings (SSSR count). The van der Waals surface area contributed by atoms with Crippen molar-refractivity contribution in [3.05, 3.63) is 122 Å². The van der Waals surface area contributed by atoms with Crippen LogP contribution < -0.4 is 0 Å². The zero-order valence-electron chi connectivity index (χ0n) is 20.0. The van der Waals surface area contributed by atoms with Gasteiger partial charge >= 0.3 is 0 Å². The zero-order valence-corrected chi connectivity index (χ0v) is 21.7. The summed E-state index contributed by atoms with van der Waals surface area (Å²) in [6.07, 6.45) is 10.9. The first-order chi connectivity index (χ1) is 18.8. The van der Waals surface area contributed by atoms with Crippen molar-refractivity contribution in [2.24, 2.45) is 0 Å². The number of rotatable bonds is 7. The lowest BCUT2D eigenvalue weighted by atomic mass is 10.1. The molecule has 0 radical (unpaired) electrons. The molecule has 0 saturated heterocycles. The van der Waals surface area contributed by atoms with E-state index in [9.17, 15) is 0 Å². The molecule has 0 aliphatic rings. The van der Waals surface area contributed by atoms with Crippen LogP contribution >= 0.6 is 21.6 Å². The summed E-state index contributed by atoms with van der Waals surface area (Å²) in [6.45, 7) is 0. The summed E-state index contributed by atoms with van der Waals surface area (Å²) in [5.41, 5.74) is 7.19. The van der Waals surface area contributed by atoms with Gasteiger partial charge in [0.05, 0.1) is 22.8 Å². The third kappa shape index (κ3) is 5.32. The first-order valence-corrected chi connectivity index (χ1v) is 14.0. The number of hydrogen-bond acceptors (Lipinski definition) is 8. The van der Waals surface area contributed by atoms with E-state index < -0.39 is 0 Å². The Morgan fingerprint density at radius 2 is 0.763 bits per heavy atom. The average molecular weight is 529 g/mol. The van der Waals surface area contributed by atoms with E-state index in [1.807, 2.05) is 85.2 Å². The predicted octanol–water partition coefficient (Wildman–Crippen LogP) is 7.52.